The van der Waals surface area contributed by atoms with Gasteiger partial charge in [-0.25, -0.2) is 19.3 Å². The van der Waals surface area contributed by atoms with E-state index in [0.717, 1.165) is 83.5 Å². The standard InChI is InChI=1S/C22H26N8OS.C2H3FO/c1-28-5-7-29(8-6-28)14-18-24-21-19(32-18)22(30-9-11-31-12-10-30)26-20(25-21)15-3-2-4-17-16(15)13-23-27-17;3-1-2-4/h2-4,13H,5-12,14H2,1H3,(H,23,27);2H,1H2. The number of halogens is 1. The van der Waals surface area contributed by atoms with Crippen LogP contribution in [0.2, 0.25) is 0 Å². The number of likely N-dealkylation sites (N-methyl/N-ethyl adjacent to an activating group) is 1. The van der Waals surface area contributed by atoms with Gasteiger partial charge in [-0.15, -0.1) is 11.3 Å². The first-order chi connectivity index (χ1) is 17.7. The maximum Gasteiger partial charge on any atom is 0.176 e. The molecule has 2 fully saturated rings. The van der Waals surface area contributed by atoms with Crippen molar-refractivity contribution in [1.82, 2.24) is 34.9 Å². The fourth-order valence-corrected chi connectivity index (χ4v) is 5.45. The van der Waals surface area contributed by atoms with Crippen molar-refractivity contribution in [2.45, 2.75) is 6.54 Å². The number of hydrogen-bond acceptors (Lipinski definition) is 10. The van der Waals surface area contributed by atoms with Crippen molar-refractivity contribution in [1.29, 1.82) is 0 Å². The number of rotatable bonds is 5. The van der Waals surface area contributed by atoms with Gasteiger partial charge in [0.05, 0.1) is 31.5 Å². The smallest absolute Gasteiger partial charge is 0.176 e. The summed E-state index contributed by atoms with van der Waals surface area (Å²) < 4.78 is 17.0. The van der Waals surface area contributed by atoms with Crippen LogP contribution in [0.4, 0.5) is 10.2 Å². The maximum absolute atomic E-state index is 10.4. The molecule has 10 nitrogen and oxygen atoms in total. The summed E-state index contributed by atoms with van der Waals surface area (Å²) in [5, 5.41) is 9.37. The predicted octanol–water partition coefficient (Wildman–Crippen LogP) is 2.37. The van der Waals surface area contributed by atoms with Crippen LogP contribution in [-0.2, 0) is 16.1 Å². The number of benzene rings is 1. The Labute approximate surface area is 212 Å². The van der Waals surface area contributed by atoms with Crippen molar-refractivity contribution in [3.63, 3.8) is 0 Å². The molecule has 190 valence electrons. The topological polar surface area (TPSA) is 103 Å². The first-order valence-electron chi connectivity index (χ1n) is 12.0. The molecule has 2 saturated heterocycles. The molecular weight excluding hydrogens is 483 g/mol. The number of hydrogen-bond donors (Lipinski definition) is 1. The number of thiazole rings is 1. The molecule has 12 heteroatoms. The number of aromatic nitrogens is 5. The zero-order chi connectivity index (χ0) is 24.9. The number of nitrogens with one attached hydrogen (secondary N) is 1. The van der Waals surface area contributed by atoms with Crippen LogP contribution in [0, 0.1) is 0 Å². The number of ether oxygens (including phenoxy) is 1. The minimum absolute atomic E-state index is 0.208. The van der Waals surface area contributed by atoms with E-state index in [4.69, 9.17) is 24.5 Å². The fourth-order valence-electron chi connectivity index (χ4n) is 4.39. The van der Waals surface area contributed by atoms with Crippen molar-refractivity contribution in [2.24, 2.45) is 0 Å². The highest BCUT2D eigenvalue weighted by atomic mass is 32.1. The average Bonchev–Trinajstić information content (AvgIpc) is 3.56. The van der Waals surface area contributed by atoms with Crippen LogP contribution in [0.3, 0.4) is 0 Å². The lowest BCUT2D eigenvalue weighted by Crippen LogP contribution is -2.43. The molecule has 2 aliphatic heterocycles. The first kappa shape index (κ1) is 24.6. The SMILES string of the molecule is CN1CCN(Cc2nc3nc(-c4cccc5[nH]ncc45)nc(N4CCOCC4)c3s2)CC1.O=CCF. The second-order valence-corrected chi connectivity index (χ2v) is 9.85. The van der Waals surface area contributed by atoms with Gasteiger partial charge in [0.15, 0.2) is 23.6 Å². The molecule has 2 aliphatic rings. The summed E-state index contributed by atoms with van der Waals surface area (Å²) >= 11 is 1.73. The number of piperazine rings is 1. The Morgan fingerprint density at radius 3 is 2.64 bits per heavy atom. The number of nitrogens with zero attached hydrogens (tertiary/aromatic N) is 7. The molecule has 6 rings (SSSR count). The second kappa shape index (κ2) is 11.3. The third-order valence-electron chi connectivity index (χ3n) is 6.33. The lowest BCUT2D eigenvalue weighted by molar-refractivity contribution is -0.108. The second-order valence-electron chi connectivity index (χ2n) is 8.77. The van der Waals surface area contributed by atoms with E-state index in [0.29, 0.717) is 19.0 Å². The molecule has 0 spiro atoms. The third-order valence-corrected chi connectivity index (χ3v) is 7.36. The molecule has 36 heavy (non-hydrogen) atoms. The number of alkyl halides is 1. The first-order valence-corrected chi connectivity index (χ1v) is 12.8. The Hall–Kier alpha value is -3.06. The zero-order valence-corrected chi connectivity index (χ0v) is 21.0. The molecule has 0 bridgehead atoms. The molecule has 0 atom stereocenters. The number of fused-ring (bicyclic) bond motifs is 2. The van der Waals surface area contributed by atoms with Gasteiger partial charge >= 0.3 is 0 Å². The van der Waals surface area contributed by atoms with Crippen molar-refractivity contribution in [2.75, 3.05) is 71.1 Å². The summed E-state index contributed by atoms with van der Waals surface area (Å²) in [7, 11) is 2.18. The summed E-state index contributed by atoms with van der Waals surface area (Å²) in [6.45, 7) is 7.43. The number of aromatic amines is 1. The molecule has 0 radical (unpaired) electrons. The van der Waals surface area contributed by atoms with E-state index >= 15 is 0 Å². The highest BCUT2D eigenvalue weighted by molar-refractivity contribution is 7.19. The molecule has 5 heterocycles. The molecule has 3 aromatic heterocycles. The van der Waals surface area contributed by atoms with Crippen molar-refractivity contribution < 1.29 is 13.9 Å². The maximum atomic E-state index is 10.4. The largest absolute Gasteiger partial charge is 0.378 e. The number of carbonyl (C=O) groups is 1. The van der Waals surface area contributed by atoms with Gasteiger partial charge in [-0.2, -0.15) is 5.10 Å². The van der Waals surface area contributed by atoms with E-state index in [1.807, 2.05) is 18.3 Å². The molecule has 0 aliphatic carbocycles. The number of carbonyl (C=O) groups excluding carboxylic acids is 1. The van der Waals surface area contributed by atoms with Gasteiger partial charge in [-0.3, -0.25) is 10.00 Å². The average molecular weight is 513 g/mol. The van der Waals surface area contributed by atoms with E-state index < -0.39 is 6.67 Å². The molecule has 4 aromatic rings. The molecular formula is C24H29FN8O2S. The van der Waals surface area contributed by atoms with E-state index in [1.165, 1.54) is 0 Å². The predicted molar refractivity (Wildman–Crippen MR) is 138 cm³/mol. The fraction of sp³-hybridized carbons (Fsp3) is 0.458. The van der Waals surface area contributed by atoms with Crippen LogP contribution < -0.4 is 4.90 Å². The quantitative estimate of drug-likeness (QED) is 0.404. The Kier molecular flexibility index (Phi) is 7.75. The van der Waals surface area contributed by atoms with Crippen LogP contribution in [0.5, 0.6) is 0 Å². The van der Waals surface area contributed by atoms with Crippen molar-refractivity contribution >= 4 is 44.7 Å². The summed E-state index contributed by atoms with van der Waals surface area (Å²) in [5.74, 6) is 1.67. The summed E-state index contributed by atoms with van der Waals surface area (Å²) in [6, 6.07) is 6.08. The molecule has 1 aromatic carbocycles. The van der Waals surface area contributed by atoms with Crippen molar-refractivity contribution in [3.8, 4) is 11.4 Å². The van der Waals surface area contributed by atoms with E-state index in [2.05, 4.69) is 38.0 Å². The Morgan fingerprint density at radius 1 is 1.11 bits per heavy atom. The van der Waals surface area contributed by atoms with Gasteiger partial charge in [0, 0.05) is 50.2 Å². The minimum Gasteiger partial charge on any atom is -0.378 e. The summed E-state index contributed by atoms with van der Waals surface area (Å²) in [4.78, 5) is 30.9. The number of aldehydes is 1. The minimum atomic E-state index is -0.861. The van der Waals surface area contributed by atoms with Gasteiger partial charge in [0.1, 0.15) is 16.4 Å². The summed E-state index contributed by atoms with van der Waals surface area (Å²) in [5.41, 5.74) is 2.74. The molecule has 0 saturated carbocycles. The number of anilines is 1. The van der Waals surface area contributed by atoms with Crippen LogP contribution in [0.1, 0.15) is 5.01 Å². The normalized spacial score (nSPS) is 17.3. The van der Waals surface area contributed by atoms with E-state index in [9.17, 15) is 4.39 Å². The molecule has 1 N–H and O–H groups in total. The summed E-state index contributed by atoms with van der Waals surface area (Å²) in [6.07, 6.45) is 2.05. The Balaban J connectivity index is 0.000000623. The van der Waals surface area contributed by atoms with Crippen molar-refractivity contribution in [3.05, 3.63) is 29.4 Å². The number of morpholine rings is 1. The lowest BCUT2D eigenvalue weighted by atomic mass is 10.1. The van der Waals surface area contributed by atoms with Gasteiger partial charge < -0.3 is 19.3 Å². The molecule has 0 unspecified atom stereocenters. The highest BCUT2D eigenvalue weighted by Crippen LogP contribution is 2.34. The van der Waals surface area contributed by atoms with Gasteiger partial charge in [0.25, 0.3) is 0 Å². The van der Waals surface area contributed by atoms with Crippen LogP contribution in [0.15, 0.2) is 24.4 Å². The van der Waals surface area contributed by atoms with Crippen LogP contribution in [0.25, 0.3) is 32.6 Å². The third kappa shape index (κ3) is 5.36. The Bertz CT molecular complexity index is 1310. The van der Waals surface area contributed by atoms with Crippen LogP contribution in [-0.4, -0.2) is 107 Å². The number of H-pyrrole nitrogens is 1. The van der Waals surface area contributed by atoms with Gasteiger partial charge in [-0.05, 0) is 13.1 Å². The van der Waals surface area contributed by atoms with Crippen LogP contribution >= 0.6 is 11.3 Å². The van der Waals surface area contributed by atoms with Gasteiger partial charge in [-0.1, -0.05) is 12.1 Å². The van der Waals surface area contributed by atoms with E-state index in [1.54, 1.807) is 11.3 Å². The van der Waals surface area contributed by atoms with Gasteiger partial charge in [0.2, 0.25) is 0 Å². The highest BCUT2D eigenvalue weighted by Gasteiger charge is 2.23. The lowest BCUT2D eigenvalue weighted by Gasteiger charge is -2.31. The monoisotopic (exact) mass is 512 g/mol. The zero-order valence-electron chi connectivity index (χ0n) is 20.2. The Morgan fingerprint density at radius 2 is 1.89 bits per heavy atom. The van der Waals surface area contributed by atoms with E-state index in [-0.39, 0.29) is 6.29 Å². The molecule has 0 amide bonds.